The number of hydrogen-bond donors (Lipinski definition) is 1. The second kappa shape index (κ2) is 13.0. The van der Waals surface area contributed by atoms with Gasteiger partial charge in [-0.3, -0.25) is 0 Å². The highest BCUT2D eigenvalue weighted by molar-refractivity contribution is 6.22. The Kier molecular flexibility index (Phi) is 7.58. The average molecular weight is 677 g/mol. The topological polar surface area (TPSA) is 15.3 Å². The van der Waals surface area contributed by atoms with Crippen LogP contribution in [-0.4, -0.2) is 0 Å². The fraction of sp³-hybridized carbons (Fsp3) is 0.0196. The van der Waals surface area contributed by atoms with E-state index in [1.807, 2.05) is 0 Å². The second-order valence-electron chi connectivity index (χ2n) is 13.8. The molecule has 2 heteroatoms. The van der Waals surface area contributed by atoms with E-state index < -0.39 is 0 Å². The normalized spacial score (nSPS) is 13.6. The summed E-state index contributed by atoms with van der Waals surface area (Å²) in [5.41, 5.74) is 14.5. The molecule has 0 aliphatic carbocycles. The van der Waals surface area contributed by atoms with Gasteiger partial charge in [-0.15, -0.1) is 0 Å². The molecule has 1 heterocycles. The Balaban J connectivity index is 1.06. The molecular formula is C51H36N2. The molecule has 9 aromatic carbocycles. The number of para-hydroxylation sites is 1. The molecule has 0 fully saturated rings. The quantitative estimate of drug-likeness (QED) is 0.176. The Bertz CT molecular complexity index is 2720. The van der Waals surface area contributed by atoms with Crippen molar-refractivity contribution in [1.29, 1.82) is 0 Å². The van der Waals surface area contributed by atoms with Gasteiger partial charge < -0.3 is 10.2 Å². The number of benzene rings is 9. The minimum absolute atomic E-state index is 0.0134. The Hall–Kier alpha value is -6.90. The summed E-state index contributed by atoms with van der Waals surface area (Å²) in [6.45, 7) is 0. The highest BCUT2D eigenvalue weighted by Gasteiger charge is 2.31. The zero-order valence-electron chi connectivity index (χ0n) is 29.2. The summed E-state index contributed by atoms with van der Waals surface area (Å²) in [6.07, 6.45) is 0.0134. The Morgan fingerprint density at radius 3 is 1.40 bits per heavy atom. The lowest BCUT2D eigenvalue weighted by atomic mass is 9.85. The maximum atomic E-state index is 3.84. The van der Waals surface area contributed by atoms with Gasteiger partial charge in [0.25, 0.3) is 0 Å². The zero-order valence-corrected chi connectivity index (χ0v) is 29.2. The molecule has 9 aromatic rings. The van der Waals surface area contributed by atoms with Crippen LogP contribution in [0, 0.1) is 0 Å². The van der Waals surface area contributed by atoms with Crippen LogP contribution in [0.5, 0.6) is 0 Å². The number of nitrogens with one attached hydrogen (secondary N) is 1. The van der Waals surface area contributed by atoms with Gasteiger partial charge in [-0.25, -0.2) is 0 Å². The molecule has 1 N–H and O–H groups in total. The summed E-state index contributed by atoms with van der Waals surface area (Å²) in [7, 11) is 0. The van der Waals surface area contributed by atoms with E-state index in [1.54, 1.807) is 0 Å². The molecule has 250 valence electrons. The molecule has 53 heavy (non-hydrogen) atoms. The van der Waals surface area contributed by atoms with Crippen LogP contribution in [0.3, 0.4) is 0 Å². The van der Waals surface area contributed by atoms with Crippen molar-refractivity contribution in [3.8, 4) is 44.5 Å². The molecule has 0 radical (unpaired) electrons. The number of fused-ring (bicyclic) bond motifs is 3. The van der Waals surface area contributed by atoms with Crippen LogP contribution in [0.2, 0.25) is 0 Å². The maximum Gasteiger partial charge on any atom is 0.130 e. The summed E-state index contributed by atoms with van der Waals surface area (Å²) in [4.78, 5) is 2.40. The molecule has 10 rings (SSSR count). The van der Waals surface area contributed by atoms with E-state index in [0.717, 1.165) is 5.69 Å². The van der Waals surface area contributed by atoms with E-state index in [1.165, 1.54) is 83.0 Å². The van der Waals surface area contributed by atoms with Crippen LogP contribution in [0.1, 0.15) is 11.7 Å². The fourth-order valence-electron chi connectivity index (χ4n) is 8.18. The maximum absolute atomic E-state index is 3.84. The van der Waals surface area contributed by atoms with E-state index in [4.69, 9.17) is 0 Å². The minimum atomic E-state index is 0.0134. The van der Waals surface area contributed by atoms with Gasteiger partial charge in [0.15, 0.2) is 0 Å². The standard InChI is InChI=1S/C51H36N2/c1-5-15-37(16-6-1)49-43-23-13-14-24-44(43)50(38-17-7-2-8-18-38)46-33-40(29-31-45(46)49)35-25-27-36(28-26-35)41-30-32-48-47(34-41)52-51(39-19-9-3-10-20-39)53(48)42-21-11-4-12-22-42/h1-34,51-52H. The van der Waals surface area contributed by atoms with Gasteiger partial charge in [-0.2, -0.15) is 0 Å². The monoisotopic (exact) mass is 676 g/mol. The van der Waals surface area contributed by atoms with E-state index in [2.05, 4.69) is 216 Å². The van der Waals surface area contributed by atoms with Crippen molar-refractivity contribution >= 4 is 38.6 Å². The summed E-state index contributed by atoms with van der Waals surface area (Å²) in [5.74, 6) is 0. The lowest BCUT2D eigenvalue weighted by Crippen LogP contribution is -2.23. The number of rotatable bonds is 6. The van der Waals surface area contributed by atoms with Crippen LogP contribution >= 0.6 is 0 Å². The molecule has 1 unspecified atom stereocenters. The molecule has 2 nitrogen and oxygen atoms in total. The molecule has 0 aromatic heterocycles. The van der Waals surface area contributed by atoms with Gasteiger partial charge >= 0.3 is 0 Å². The first kappa shape index (κ1) is 30.9. The highest BCUT2D eigenvalue weighted by atomic mass is 15.3. The van der Waals surface area contributed by atoms with Gasteiger partial charge in [0.1, 0.15) is 6.17 Å². The first-order chi connectivity index (χ1) is 26.3. The molecule has 0 saturated carbocycles. The lowest BCUT2D eigenvalue weighted by molar-refractivity contribution is 0.828. The predicted octanol–water partition coefficient (Wildman–Crippen LogP) is 13.9. The molecule has 0 saturated heterocycles. The van der Waals surface area contributed by atoms with Crippen molar-refractivity contribution in [2.45, 2.75) is 6.17 Å². The SMILES string of the molecule is c1ccc(-c2c3ccccc3c(-c3ccccc3)c3cc(-c4ccc(-c5ccc6c(c5)NC(c5ccccc5)N6c5ccccc5)cc4)ccc23)cc1. The molecule has 1 aliphatic rings. The second-order valence-corrected chi connectivity index (χ2v) is 13.8. The largest absolute Gasteiger partial charge is 0.359 e. The Morgan fingerprint density at radius 2 is 0.792 bits per heavy atom. The number of nitrogens with zero attached hydrogens (tertiary/aromatic N) is 1. The van der Waals surface area contributed by atoms with Gasteiger partial charge in [-0.1, -0.05) is 176 Å². The van der Waals surface area contributed by atoms with Gasteiger partial charge in [0, 0.05) is 5.69 Å². The van der Waals surface area contributed by atoms with Crippen LogP contribution in [0.25, 0.3) is 66.1 Å². The van der Waals surface area contributed by atoms with Crippen LogP contribution in [0.4, 0.5) is 17.1 Å². The number of anilines is 3. The lowest BCUT2D eigenvalue weighted by Gasteiger charge is -2.27. The van der Waals surface area contributed by atoms with Crippen molar-refractivity contribution in [3.63, 3.8) is 0 Å². The summed E-state index contributed by atoms with van der Waals surface area (Å²) < 4.78 is 0. The fourth-order valence-corrected chi connectivity index (χ4v) is 8.18. The first-order valence-corrected chi connectivity index (χ1v) is 18.3. The van der Waals surface area contributed by atoms with Crippen LogP contribution in [-0.2, 0) is 0 Å². The molecule has 1 atom stereocenters. The summed E-state index contributed by atoms with van der Waals surface area (Å²) >= 11 is 0. The third-order valence-electron chi connectivity index (χ3n) is 10.7. The molecular weight excluding hydrogens is 641 g/mol. The van der Waals surface area contributed by atoms with Crippen molar-refractivity contribution in [2.75, 3.05) is 10.2 Å². The summed E-state index contributed by atoms with van der Waals surface area (Å²) in [6, 6.07) is 74.7. The van der Waals surface area contributed by atoms with Crippen molar-refractivity contribution in [3.05, 3.63) is 212 Å². The Labute approximate surface area is 310 Å². The predicted molar refractivity (Wildman–Crippen MR) is 225 cm³/mol. The van der Waals surface area contributed by atoms with Crippen molar-refractivity contribution < 1.29 is 0 Å². The van der Waals surface area contributed by atoms with Crippen molar-refractivity contribution in [1.82, 2.24) is 0 Å². The first-order valence-electron chi connectivity index (χ1n) is 18.3. The number of hydrogen-bond acceptors (Lipinski definition) is 2. The summed E-state index contributed by atoms with van der Waals surface area (Å²) in [5, 5.41) is 8.90. The minimum Gasteiger partial charge on any atom is -0.359 e. The van der Waals surface area contributed by atoms with Crippen molar-refractivity contribution in [2.24, 2.45) is 0 Å². The molecule has 0 amide bonds. The van der Waals surface area contributed by atoms with Gasteiger partial charge in [-0.05, 0) is 102 Å². The average Bonchev–Trinajstić information content (AvgIpc) is 3.63. The molecule has 1 aliphatic heterocycles. The van der Waals surface area contributed by atoms with E-state index in [9.17, 15) is 0 Å². The van der Waals surface area contributed by atoms with Crippen LogP contribution in [0.15, 0.2) is 206 Å². The van der Waals surface area contributed by atoms with E-state index in [0.29, 0.717) is 0 Å². The third-order valence-corrected chi connectivity index (χ3v) is 10.7. The van der Waals surface area contributed by atoms with Gasteiger partial charge in [0.05, 0.1) is 11.4 Å². The smallest absolute Gasteiger partial charge is 0.130 e. The van der Waals surface area contributed by atoms with E-state index in [-0.39, 0.29) is 6.17 Å². The third kappa shape index (κ3) is 5.44. The van der Waals surface area contributed by atoms with Gasteiger partial charge in [0.2, 0.25) is 0 Å². The molecule has 0 bridgehead atoms. The molecule has 0 spiro atoms. The van der Waals surface area contributed by atoms with Crippen LogP contribution < -0.4 is 10.2 Å². The zero-order chi connectivity index (χ0) is 35.1. The highest BCUT2D eigenvalue weighted by Crippen LogP contribution is 2.48. The van der Waals surface area contributed by atoms with E-state index >= 15 is 0 Å². The Morgan fingerprint density at radius 1 is 0.340 bits per heavy atom.